The van der Waals surface area contributed by atoms with Crippen molar-refractivity contribution in [2.24, 2.45) is 0 Å². The van der Waals surface area contributed by atoms with Crippen LogP contribution in [-0.2, 0) is 6.54 Å². The molecule has 1 atom stereocenters. The Morgan fingerprint density at radius 2 is 1.74 bits per heavy atom. The molecule has 1 N–H and O–H groups in total. The fraction of sp³-hybridized carbons (Fsp3) is 0.381. The Hall–Kier alpha value is -2.89. The molecule has 0 spiro atoms. The Labute approximate surface area is 160 Å². The number of ether oxygens (including phenoxy) is 3. The lowest BCUT2D eigenvalue weighted by Crippen LogP contribution is -2.39. The molecule has 6 nitrogen and oxygen atoms in total. The summed E-state index contributed by atoms with van der Waals surface area (Å²) >= 11 is 0. The van der Waals surface area contributed by atoms with Crippen molar-refractivity contribution in [2.45, 2.75) is 25.4 Å². The molecule has 1 aliphatic heterocycles. The highest BCUT2D eigenvalue weighted by Crippen LogP contribution is 2.38. The number of hydrogen-bond donors (Lipinski definition) is 1. The third kappa shape index (κ3) is 4.27. The number of hydrogen-bond acceptors (Lipinski definition) is 4. The Kier molecular flexibility index (Phi) is 6.06. The van der Waals surface area contributed by atoms with E-state index in [0.717, 1.165) is 47.8 Å². The molecule has 3 rings (SSSR count). The number of carbonyl (C=O) groups excluding carboxylic acids is 1. The van der Waals surface area contributed by atoms with Crippen LogP contribution in [0.2, 0.25) is 0 Å². The van der Waals surface area contributed by atoms with Gasteiger partial charge in [-0.1, -0.05) is 12.1 Å². The lowest BCUT2D eigenvalue weighted by molar-refractivity contribution is 0.191. The van der Waals surface area contributed by atoms with Gasteiger partial charge in [0.05, 0.1) is 27.4 Å². The van der Waals surface area contributed by atoms with E-state index < -0.39 is 0 Å². The molecule has 1 aliphatic rings. The molecule has 2 aromatic rings. The molecule has 1 saturated heterocycles. The van der Waals surface area contributed by atoms with Crippen LogP contribution in [0, 0.1) is 0 Å². The summed E-state index contributed by atoms with van der Waals surface area (Å²) in [6.07, 6.45) is 1.88. The molecule has 1 fully saturated rings. The Bertz CT molecular complexity index is 776. The van der Waals surface area contributed by atoms with Gasteiger partial charge in [-0.25, -0.2) is 4.79 Å². The van der Waals surface area contributed by atoms with Gasteiger partial charge >= 0.3 is 6.03 Å². The van der Waals surface area contributed by atoms with Gasteiger partial charge in [-0.2, -0.15) is 0 Å². The zero-order valence-corrected chi connectivity index (χ0v) is 16.0. The van der Waals surface area contributed by atoms with Crippen LogP contribution in [0.4, 0.5) is 4.79 Å². The number of rotatable bonds is 6. The largest absolute Gasteiger partial charge is 0.497 e. The van der Waals surface area contributed by atoms with Gasteiger partial charge in [0.2, 0.25) is 0 Å². The van der Waals surface area contributed by atoms with E-state index in [1.54, 1.807) is 21.3 Å². The minimum Gasteiger partial charge on any atom is -0.497 e. The summed E-state index contributed by atoms with van der Waals surface area (Å²) in [6, 6.07) is 13.4. The average Bonchev–Trinajstić information content (AvgIpc) is 3.21. The number of nitrogens with zero attached hydrogens (tertiary/aromatic N) is 1. The van der Waals surface area contributed by atoms with E-state index >= 15 is 0 Å². The minimum atomic E-state index is -0.0637. The lowest BCUT2D eigenvalue weighted by Gasteiger charge is -2.26. The summed E-state index contributed by atoms with van der Waals surface area (Å²) in [5.74, 6) is 2.29. The van der Waals surface area contributed by atoms with E-state index in [-0.39, 0.29) is 12.1 Å². The molecule has 1 unspecified atom stereocenters. The van der Waals surface area contributed by atoms with Crippen molar-refractivity contribution in [3.05, 3.63) is 53.6 Å². The topological polar surface area (TPSA) is 60.0 Å². The Morgan fingerprint density at radius 3 is 2.41 bits per heavy atom. The maximum absolute atomic E-state index is 12.8. The molecule has 0 bridgehead atoms. The Balaban J connectivity index is 1.69. The molecule has 1 heterocycles. The fourth-order valence-corrected chi connectivity index (χ4v) is 3.45. The smallest absolute Gasteiger partial charge is 0.318 e. The monoisotopic (exact) mass is 370 g/mol. The van der Waals surface area contributed by atoms with Gasteiger partial charge in [0.25, 0.3) is 0 Å². The van der Waals surface area contributed by atoms with Crippen LogP contribution >= 0.6 is 0 Å². The number of carbonyl (C=O) groups is 1. The van der Waals surface area contributed by atoms with Crippen LogP contribution in [0.15, 0.2) is 42.5 Å². The number of benzene rings is 2. The van der Waals surface area contributed by atoms with Crippen LogP contribution in [0.1, 0.15) is 30.0 Å². The third-order valence-corrected chi connectivity index (χ3v) is 4.92. The van der Waals surface area contributed by atoms with E-state index in [2.05, 4.69) is 5.32 Å². The Morgan fingerprint density at radius 1 is 1.04 bits per heavy atom. The first-order valence-electron chi connectivity index (χ1n) is 9.05. The molecular weight excluding hydrogens is 344 g/mol. The fourth-order valence-electron chi connectivity index (χ4n) is 3.45. The van der Waals surface area contributed by atoms with E-state index in [4.69, 9.17) is 14.2 Å². The summed E-state index contributed by atoms with van der Waals surface area (Å²) in [5, 5.41) is 3.02. The lowest BCUT2D eigenvalue weighted by atomic mass is 10.0. The number of methoxy groups -OCH3 is 3. The predicted molar refractivity (Wildman–Crippen MR) is 103 cm³/mol. The second-order valence-electron chi connectivity index (χ2n) is 6.47. The molecule has 6 heteroatoms. The SMILES string of the molecule is COc1ccc(CNC(=O)N2CCCC2c2ccc(OC)cc2OC)cc1. The van der Waals surface area contributed by atoms with Crippen molar-refractivity contribution in [3.8, 4) is 17.2 Å². The van der Waals surface area contributed by atoms with Gasteiger partial charge in [-0.15, -0.1) is 0 Å². The van der Waals surface area contributed by atoms with E-state index in [1.807, 2.05) is 47.4 Å². The summed E-state index contributed by atoms with van der Waals surface area (Å²) < 4.78 is 16.0. The van der Waals surface area contributed by atoms with Crippen molar-refractivity contribution in [1.82, 2.24) is 10.2 Å². The highest BCUT2D eigenvalue weighted by Gasteiger charge is 2.31. The van der Waals surface area contributed by atoms with Gasteiger partial charge < -0.3 is 24.4 Å². The van der Waals surface area contributed by atoms with Crippen LogP contribution in [-0.4, -0.2) is 38.8 Å². The second kappa shape index (κ2) is 8.66. The molecule has 144 valence electrons. The number of likely N-dealkylation sites (tertiary alicyclic amines) is 1. The third-order valence-electron chi connectivity index (χ3n) is 4.92. The molecule has 0 aromatic heterocycles. The first-order chi connectivity index (χ1) is 13.2. The van der Waals surface area contributed by atoms with Crippen molar-refractivity contribution >= 4 is 6.03 Å². The first kappa shape index (κ1) is 18.9. The number of nitrogens with one attached hydrogen (secondary N) is 1. The highest BCUT2D eigenvalue weighted by atomic mass is 16.5. The van der Waals surface area contributed by atoms with E-state index in [9.17, 15) is 4.79 Å². The van der Waals surface area contributed by atoms with Crippen LogP contribution in [0.25, 0.3) is 0 Å². The van der Waals surface area contributed by atoms with Gasteiger partial charge in [-0.05, 0) is 42.7 Å². The summed E-state index contributed by atoms with van der Waals surface area (Å²) in [4.78, 5) is 14.7. The van der Waals surface area contributed by atoms with Crippen molar-refractivity contribution < 1.29 is 19.0 Å². The minimum absolute atomic E-state index is 0.00160. The molecule has 0 aliphatic carbocycles. The van der Waals surface area contributed by atoms with Gasteiger partial charge in [0.1, 0.15) is 17.2 Å². The van der Waals surface area contributed by atoms with Crippen molar-refractivity contribution in [3.63, 3.8) is 0 Å². The van der Waals surface area contributed by atoms with Gasteiger partial charge in [-0.3, -0.25) is 0 Å². The van der Waals surface area contributed by atoms with Crippen molar-refractivity contribution in [1.29, 1.82) is 0 Å². The first-order valence-corrected chi connectivity index (χ1v) is 9.05. The van der Waals surface area contributed by atoms with E-state index in [0.29, 0.717) is 6.54 Å². The zero-order valence-electron chi connectivity index (χ0n) is 16.0. The summed E-state index contributed by atoms with van der Waals surface area (Å²) in [7, 11) is 4.90. The summed E-state index contributed by atoms with van der Waals surface area (Å²) in [6.45, 7) is 1.21. The quantitative estimate of drug-likeness (QED) is 0.841. The predicted octanol–water partition coefficient (Wildman–Crippen LogP) is 3.76. The standard InChI is InChI=1S/C21H26N2O4/c1-25-16-8-6-15(7-9-16)14-22-21(24)23-12-4-5-19(23)18-11-10-17(26-2)13-20(18)27-3/h6-11,13,19H,4-5,12,14H2,1-3H3,(H,22,24). The number of amides is 2. The molecule has 0 saturated carbocycles. The maximum atomic E-state index is 12.8. The molecule has 27 heavy (non-hydrogen) atoms. The zero-order chi connectivity index (χ0) is 19.2. The summed E-state index contributed by atoms with van der Waals surface area (Å²) in [5.41, 5.74) is 2.04. The van der Waals surface area contributed by atoms with Gasteiger partial charge in [0, 0.05) is 24.7 Å². The molecule has 2 aromatic carbocycles. The van der Waals surface area contributed by atoms with Crippen LogP contribution in [0.5, 0.6) is 17.2 Å². The normalized spacial score (nSPS) is 16.1. The van der Waals surface area contributed by atoms with Crippen molar-refractivity contribution in [2.75, 3.05) is 27.9 Å². The second-order valence-corrected chi connectivity index (χ2v) is 6.47. The van der Waals surface area contributed by atoms with Gasteiger partial charge in [0.15, 0.2) is 0 Å². The van der Waals surface area contributed by atoms with E-state index in [1.165, 1.54) is 0 Å². The maximum Gasteiger partial charge on any atom is 0.318 e. The highest BCUT2D eigenvalue weighted by molar-refractivity contribution is 5.75. The molecular formula is C21H26N2O4. The molecule has 0 radical (unpaired) electrons. The van der Waals surface area contributed by atoms with Crippen LogP contribution < -0.4 is 19.5 Å². The molecule has 2 amide bonds. The van der Waals surface area contributed by atoms with Crippen LogP contribution in [0.3, 0.4) is 0 Å². The number of urea groups is 1. The average molecular weight is 370 g/mol.